The van der Waals surface area contributed by atoms with Gasteiger partial charge < -0.3 is 13.3 Å². The highest BCUT2D eigenvalue weighted by atomic mass is 28.4. The van der Waals surface area contributed by atoms with Crippen molar-refractivity contribution in [1.29, 1.82) is 0 Å². The quantitative estimate of drug-likeness (QED) is 0.491. The van der Waals surface area contributed by atoms with E-state index in [2.05, 4.69) is 52.6 Å². The van der Waals surface area contributed by atoms with E-state index in [1.54, 1.807) is 0 Å². The molecule has 0 aromatic carbocycles. The molecule has 1 atom stereocenters. The Balaban J connectivity index is 4.86. The van der Waals surface area contributed by atoms with Crippen LogP contribution in [0.1, 0.15) is 54.9 Å². The third kappa shape index (κ3) is 8.79. The molecule has 0 spiro atoms. The van der Waals surface area contributed by atoms with E-state index >= 15 is 0 Å². The molecule has 0 amide bonds. The van der Waals surface area contributed by atoms with Gasteiger partial charge >= 0.3 is 8.80 Å². The van der Waals surface area contributed by atoms with Gasteiger partial charge in [-0.15, -0.1) is 0 Å². The van der Waals surface area contributed by atoms with Crippen LogP contribution < -0.4 is 0 Å². The lowest BCUT2D eigenvalue weighted by molar-refractivity contribution is 0.0563. The second-order valence-electron chi connectivity index (χ2n) is 7.47. The number of rotatable bonds is 12. The zero-order valence-electron chi connectivity index (χ0n) is 17.1. The monoisotopic (exact) mass is 363 g/mol. The van der Waals surface area contributed by atoms with Crippen LogP contribution in [0.5, 0.6) is 0 Å². The van der Waals surface area contributed by atoms with E-state index in [1.807, 2.05) is 13.8 Å². The van der Waals surface area contributed by atoms with Crippen LogP contribution in [0.4, 0.5) is 0 Å². The van der Waals surface area contributed by atoms with Crippen molar-refractivity contribution in [3.05, 3.63) is 0 Å². The molecule has 0 aromatic heterocycles. The molecule has 0 aliphatic heterocycles. The second kappa shape index (κ2) is 11.0. The summed E-state index contributed by atoms with van der Waals surface area (Å²) in [6, 6.07) is 0.909. The van der Waals surface area contributed by atoms with Crippen LogP contribution in [0.25, 0.3) is 0 Å². The van der Waals surface area contributed by atoms with Gasteiger partial charge in [-0.2, -0.15) is 0 Å². The minimum Gasteiger partial charge on any atom is -0.374 e. The molecule has 0 saturated heterocycles. The Kier molecular flexibility index (Phi) is 11.1. The molecule has 6 heteroatoms. The van der Waals surface area contributed by atoms with E-state index in [0.29, 0.717) is 18.9 Å². The molecule has 0 N–H and O–H groups in total. The molecule has 23 heavy (non-hydrogen) atoms. The summed E-state index contributed by atoms with van der Waals surface area (Å²) < 4.78 is 18.6. The normalized spacial score (nSPS) is 14.7. The fraction of sp³-hybridized carbons (Fsp3) is 1.00. The predicted molar refractivity (Wildman–Crippen MR) is 105 cm³/mol. The fourth-order valence-electron chi connectivity index (χ4n) is 2.63. The fourth-order valence-corrected chi connectivity index (χ4v) is 7.00. The van der Waals surface area contributed by atoms with Crippen molar-refractivity contribution >= 4 is 17.6 Å². The van der Waals surface area contributed by atoms with Crippen LogP contribution in [0.15, 0.2) is 0 Å². The Bertz CT molecular complexity index is 303. The Morgan fingerprint density at radius 3 is 1.91 bits per heavy atom. The maximum absolute atomic E-state index is 6.42. The summed E-state index contributed by atoms with van der Waals surface area (Å²) >= 11 is 0. The molecule has 0 aliphatic carbocycles. The highest BCUT2D eigenvalue weighted by Gasteiger charge is 2.42. The van der Waals surface area contributed by atoms with Crippen molar-refractivity contribution in [2.24, 2.45) is 0 Å². The van der Waals surface area contributed by atoms with Gasteiger partial charge in [-0.05, 0) is 61.1 Å². The standard InChI is InChI=1S/C17H41NO3Si2/c1-10-18(17(5,6)7)14-13-15-23(19-11-2,20-12-3)21-16(4)22(8)9/h16,22H,10-15H2,1-9H3. The minimum absolute atomic E-state index is 0.204. The molecular weight excluding hydrogens is 322 g/mol. The van der Waals surface area contributed by atoms with Crippen LogP contribution in [-0.4, -0.2) is 60.1 Å². The molecule has 140 valence electrons. The minimum atomic E-state index is -2.55. The summed E-state index contributed by atoms with van der Waals surface area (Å²) in [5.74, 6) is 0. The third-order valence-electron chi connectivity index (χ3n) is 4.27. The maximum atomic E-state index is 6.42. The van der Waals surface area contributed by atoms with Crippen molar-refractivity contribution < 1.29 is 13.3 Å². The van der Waals surface area contributed by atoms with Gasteiger partial charge in [0.05, 0.1) is 8.80 Å². The Morgan fingerprint density at radius 2 is 1.57 bits per heavy atom. The van der Waals surface area contributed by atoms with Gasteiger partial charge in [0.1, 0.15) is 0 Å². The average molecular weight is 364 g/mol. The van der Waals surface area contributed by atoms with E-state index in [-0.39, 0.29) is 5.54 Å². The number of hydrogen-bond donors (Lipinski definition) is 0. The zero-order chi connectivity index (χ0) is 18.1. The van der Waals surface area contributed by atoms with Crippen molar-refractivity contribution in [2.45, 2.75) is 85.3 Å². The van der Waals surface area contributed by atoms with E-state index in [1.165, 1.54) is 0 Å². The van der Waals surface area contributed by atoms with Gasteiger partial charge in [0.2, 0.25) is 0 Å². The largest absolute Gasteiger partial charge is 0.500 e. The smallest absolute Gasteiger partial charge is 0.374 e. The van der Waals surface area contributed by atoms with E-state index in [9.17, 15) is 0 Å². The summed E-state index contributed by atoms with van der Waals surface area (Å²) in [7, 11) is -3.41. The summed E-state index contributed by atoms with van der Waals surface area (Å²) in [6.07, 6.45) is 1.06. The zero-order valence-corrected chi connectivity index (χ0v) is 19.2. The molecule has 4 nitrogen and oxygen atoms in total. The Hall–Kier alpha value is 0.274. The molecule has 0 rings (SSSR count). The molecule has 0 aromatic rings. The Labute approximate surface area is 147 Å². The second-order valence-corrected chi connectivity index (χ2v) is 13.6. The maximum Gasteiger partial charge on any atom is 0.500 e. The summed E-state index contributed by atoms with van der Waals surface area (Å²) in [5.41, 5.74) is 0.500. The first-order chi connectivity index (χ1) is 10.6. The molecule has 0 saturated carbocycles. The summed E-state index contributed by atoms with van der Waals surface area (Å²) in [6.45, 7) is 23.4. The highest BCUT2D eigenvalue weighted by Crippen LogP contribution is 2.23. The molecule has 0 aliphatic rings. The lowest BCUT2D eigenvalue weighted by Crippen LogP contribution is -2.51. The predicted octanol–water partition coefficient (Wildman–Crippen LogP) is 3.94. The van der Waals surface area contributed by atoms with Crippen molar-refractivity contribution in [3.8, 4) is 0 Å². The number of hydrogen-bond acceptors (Lipinski definition) is 4. The van der Waals surface area contributed by atoms with Crippen molar-refractivity contribution in [3.63, 3.8) is 0 Å². The summed E-state index contributed by atoms with van der Waals surface area (Å²) in [4.78, 5) is 2.50. The third-order valence-corrected chi connectivity index (χ3v) is 9.71. The lowest BCUT2D eigenvalue weighted by Gasteiger charge is -2.36. The Morgan fingerprint density at radius 1 is 1.04 bits per heavy atom. The average Bonchev–Trinajstić information content (AvgIpc) is 2.42. The molecule has 0 bridgehead atoms. The van der Waals surface area contributed by atoms with Crippen LogP contribution in [0.3, 0.4) is 0 Å². The number of nitrogens with zero attached hydrogens (tertiary/aromatic N) is 1. The first-order valence-electron chi connectivity index (χ1n) is 9.32. The van der Waals surface area contributed by atoms with Crippen LogP contribution in [0.2, 0.25) is 19.1 Å². The van der Waals surface area contributed by atoms with Crippen LogP contribution >= 0.6 is 0 Å². The highest BCUT2D eigenvalue weighted by molar-refractivity contribution is 6.63. The van der Waals surface area contributed by atoms with Gasteiger partial charge in [-0.1, -0.05) is 20.0 Å². The molecule has 0 fully saturated rings. The topological polar surface area (TPSA) is 30.9 Å². The van der Waals surface area contributed by atoms with E-state index in [4.69, 9.17) is 13.3 Å². The van der Waals surface area contributed by atoms with Crippen LogP contribution in [0, 0.1) is 0 Å². The van der Waals surface area contributed by atoms with Gasteiger partial charge in [0.15, 0.2) is 0 Å². The summed E-state index contributed by atoms with van der Waals surface area (Å²) in [5, 5.41) is 0. The van der Waals surface area contributed by atoms with Gasteiger partial charge in [-0.3, -0.25) is 4.90 Å². The van der Waals surface area contributed by atoms with Gasteiger partial charge in [-0.25, -0.2) is 0 Å². The van der Waals surface area contributed by atoms with Gasteiger partial charge in [0, 0.05) is 30.5 Å². The molecule has 0 heterocycles. The SMILES string of the molecule is CCO[Si](CCCN(CC)C(C)(C)C)(OCC)OC(C)[SiH](C)C. The van der Waals surface area contributed by atoms with Crippen molar-refractivity contribution in [2.75, 3.05) is 26.3 Å². The molecular formula is C17H41NO3Si2. The molecule has 1 unspecified atom stereocenters. The van der Waals surface area contributed by atoms with Gasteiger partial charge in [0.25, 0.3) is 0 Å². The van der Waals surface area contributed by atoms with E-state index < -0.39 is 17.6 Å². The van der Waals surface area contributed by atoms with Crippen molar-refractivity contribution in [1.82, 2.24) is 4.90 Å². The van der Waals surface area contributed by atoms with E-state index in [0.717, 1.165) is 25.6 Å². The first kappa shape index (κ1) is 23.3. The van der Waals surface area contributed by atoms with Crippen LogP contribution in [-0.2, 0) is 13.3 Å². The molecule has 0 radical (unpaired) electrons. The first-order valence-corrected chi connectivity index (χ1v) is 14.2. The lowest BCUT2D eigenvalue weighted by atomic mass is 10.1.